The van der Waals surface area contributed by atoms with E-state index in [9.17, 15) is 17.6 Å². The molecule has 0 aliphatic carbocycles. The molecule has 1 amide bonds. The summed E-state index contributed by atoms with van der Waals surface area (Å²) in [6, 6.07) is 3.46. The lowest BCUT2D eigenvalue weighted by Crippen LogP contribution is -2.50. The molecule has 20 heavy (non-hydrogen) atoms. The van der Waals surface area contributed by atoms with Crippen molar-refractivity contribution in [1.29, 1.82) is 0 Å². The highest BCUT2D eigenvalue weighted by Gasteiger charge is 2.24. The van der Waals surface area contributed by atoms with E-state index < -0.39 is 33.3 Å². The largest absolute Gasteiger partial charge is 0.350 e. The Kier molecular flexibility index (Phi) is 4.88. The number of halogens is 1. The lowest BCUT2D eigenvalue weighted by molar-refractivity contribution is -0.123. The molecule has 0 heterocycles. The summed E-state index contributed by atoms with van der Waals surface area (Å²) in [6.07, 6.45) is 0. The summed E-state index contributed by atoms with van der Waals surface area (Å²) in [4.78, 5) is 11.7. The Labute approximate surface area is 118 Å². The third kappa shape index (κ3) is 4.90. The van der Waals surface area contributed by atoms with Crippen molar-refractivity contribution in [2.45, 2.75) is 44.2 Å². The lowest BCUT2D eigenvalue weighted by atomic mass is 10.1. The second-order valence-electron chi connectivity index (χ2n) is 5.54. The van der Waals surface area contributed by atoms with Crippen LogP contribution in [0, 0.1) is 5.82 Å². The fourth-order valence-corrected chi connectivity index (χ4v) is 2.65. The molecule has 5 nitrogen and oxygen atoms in total. The summed E-state index contributed by atoms with van der Waals surface area (Å²) in [5.41, 5.74) is -0.452. The van der Waals surface area contributed by atoms with E-state index in [1.54, 1.807) is 20.8 Å². The molecule has 0 unspecified atom stereocenters. The smallest absolute Gasteiger partial charge is 0.241 e. The number of rotatable bonds is 4. The van der Waals surface area contributed by atoms with E-state index in [1.807, 2.05) is 0 Å². The molecule has 1 aromatic rings. The summed E-state index contributed by atoms with van der Waals surface area (Å²) in [7, 11) is -3.85. The first kappa shape index (κ1) is 16.6. The minimum absolute atomic E-state index is 0.0886. The van der Waals surface area contributed by atoms with Crippen molar-refractivity contribution in [3.8, 4) is 0 Å². The molecule has 2 N–H and O–H groups in total. The second kappa shape index (κ2) is 5.88. The van der Waals surface area contributed by atoms with Gasteiger partial charge < -0.3 is 5.32 Å². The highest BCUT2D eigenvalue weighted by Crippen LogP contribution is 2.10. The summed E-state index contributed by atoms with van der Waals surface area (Å²) in [5.74, 6) is -0.953. The Morgan fingerprint density at radius 3 is 2.15 bits per heavy atom. The Morgan fingerprint density at radius 2 is 1.70 bits per heavy atom. The van der Waals surface area contributed by atoms with Gasteiger partial charge in [-0.15, -0.1) is 0 Å². The summed E-state index contributed by atoms with van der Waals surface area (Å²) in [6.45, 7) is 6.84. The summed E-state index contributed by atoms with van der Waals surface area (Å²) < 4.78 is 39.0. The molecule has 0 saturated heterocycles. The van der Waals surface area contributed by atoms with Gasteiger partial charge >= 0.3 is 0 Å². The van der Waals surface area contributed by atoms with Crippen LogP contribution in [-0.4, -0.2) is 25.9 Å². The van der Waals surface area contributed by atoms with Crippen LogP contribution >= 0.6 is 0 Å². The molecule has 1 rings (SSSR count). The number of amides is 1. The molecule has 0 aliphatic rings. The van der Waals surface area contributed by atoms with E-state index >= 15 is 0 Å². The molecule has 1 aromatic carbocycles. The van der Waals surface area contributed by atoms with Crippen molar-refractivity contribution >= 4 is 15.9 Å². The van der Waals surface area contributed by atoms with E-state index in [0.717, 1.165) is 24.3 Å². The summed E-state index contributed by atoms with van der Waals surface area (Å²) >= 11 is 0. The van der Waals surface area contributed by atoms with Gasteiger partial charge in [0.05, 0.1) is 10.9 Å². The van der Waals surface area contributed by atoms with Crippen LogP contribution in [0.4, 0.5) is 4.39 Å². The maximum atomic E-state index is 12.8. The molecule has 0 saturated carbocycles. The SMILES string of the molecule is C[C@@H](NS(=O)(=O)c1ccc(F)cc1)C(=O)NC(C)(C)C. The van der Waals surface area contributed by atoms with Gasteiger partial charge in [0.15, 0.2) is 0 Å². The monoisotopic (exact) mass is 302 g/mol. The van der Waals surface area contributed by atoms with E-state index in [2.05, 4.69) is 10.0 Å². The van der Waals surface area contributed by atoms with Crippen molar-refractivity contribution < 1.29 is 17.6 Å². The Bertz CT molecular complexity index is 577. The quantitative estimate of drug-likeness (QED) is 0.883. The first-order chi connectivity index (χ1) is 9.01. The van der Waals surface area contributed by atoms with E-state index in [4.69, 9.17) is 0 Å². The van der Waals surface area contributed by atoms with Crippen LogP contribution in [-0.2, 0) is 14.8 Å². The van der Waals surface area contributed by atoms with Gasteiger partial charge in [0, 0.05) is 5.54 Å². The number of hydrogen-bond donors (Lipinski definition) is 2. The van der Waals surface area contributed by atoms with Crippen LogP contribution in [0.25, 0.3) is 0 Å². The maximum Gasteiger partial charge on any atom is 0.241 e. The van der Waals surface area contributed by atoms with Crippen molar-refractivity contribution in [2.24, 2.45) is 0 Å². The fraction of sp³-hybridized carbons (Fsp3) is 0.462. The minimum Gasteiger partial charge on any atom is -0.350 e. The zero-order valence-electron chi connectivity index (χ0n) is 11.9. The standard InChI is InChI=1S/C13H19FN2O3S/c1-9(12(17)15-13(2,3)4)16-20(18,19)11-7-5-10(14)6-8-11/h5-9,16H,1-4H3,(H,15,17)/t9-/m1/s1. The molecule has 112 valence electrons. The van der Waals surface area contributed by atoms with Crippen LogP contribution in [0.3, 0.4) is 0 Å². The van der Waals surface area contributed by atoms with Crippen LogP contribution in [0.1, 0.15) is 27.7 Å². The molecular weight excluding hydrogens is 283 g/mol. The normalized spacial score (nSPS) is 13.8. The Hall–Kier alpha value is -1.47. The zero-order chi connectivity index (χ0) is 15.6. The minimum atomic E-state index is -3.85. The van der Waals surface area contributed by atoms with Crippen LogP contribution in [0.15, 0.2) is 29.2 Å². The number of carbonyl (C=O) groups is 1. The molecule has 1 atom stereocenters. The van der Waals surface area contributed by atoms with Crippen molar-refractivity contribution in [3.63, 3.8) is 0 Å². The highest BCUT2D eigenvalue weighted by molar-refractivity contribution is 7.89. The zero-order valence-corrected chi connectivity index (χ0v) is 12.7. The van der Waals surface area contributed by atoms with Gasteiger partial charge in [0.2, 0.25) is 15.9 Å². The molecule has 0 radical (unpaired) electrons. The van der Waals surface area contributed by atoms with E-state index in [1.165, 1.54) is 6.92 Å². The van der Waals surface area contributed by atoms with Gasteiger partial charge in [0.25, 0.3) is 0 Å². The van der Waals surface area contributed by atoms with Gasteiger partial charge in [-0.3, -0.25) is 4.79 Å². The Morgan fingerprint density at radius 1 is 1.20 bits per heavy atom. The second-order valence-corrected chi connectivity index (χ2v) is 7.25. The number of carbonyl (C=O) groups excluding carboxylic acids is 1. The third-order valence-corrected chi connectivity index (χ3v) is 3.90. The van der Waals surface area contributed by atoms with Gasteiger partial charge in [-0.05, 0) is 52.0 Å². The summed E-state index contributed by atoms with van der Waals surface area (Å²) in [5, 5.41) is 2.68. The number of hydrogen-bond acceptors (Lipinski definition) is 3. The number of benzene rings is 1. The van der Waals surface area contributed by atoms with E-state index in [0.29, 0.717) is 0 Å². The van der Waals surface area contributed by atoms with Gasteiger partial charge in [-0.1, -0.05) is 0 Å². The predicted octanol–water partition coefficient (Wildman–Crippen LogP) is 1.41. The predicted molar refractivity (Wildman–Crippen MR) is 74.1 cm³/mol. The number of sulfonamides is 1. The lowest BCUT2D eigenvalue weighted by Gasteiger charge is -2.23. The number of nitrogens with one attached hydrogen (secondary N) is 2. The first-order valence-corrected chi connectivity index (χ1v) is 7.59. The molecule has 0 fully saturated rings. The first-order valence-electron chi connectivity index (χ1n) is 6.11. The molecule has 7 heteroatoms. The van der Waals surface area contributed by atoms with Crippen LogP contribution < -0.4 is 10.0 Å². The highest BCUT2D eigenvalue weighted by atomic mass is 32.2. The van der Waals surface area contributed by atoms with E-state index in [-0.39, 0.29) is 4.90 Å². The maximum absolute atomic E-state index is 12.8. The molecule has 0 aromatic heterocycles. The van der Waals surface area contributed by atoms with Crippen LogP contribution in [0.2, 0.25) is 0 Å². The van der Waals surface area contributed by atoms with Crippen LogP contribution in [0.5, 0.6) is 0 Å². The topological polar surface area (TPSA) is 75.3 Å². The molecular formula is C13H19FN2O3S. The third-order valence-electron chi connectivity index (χ3n) is 2.35. The van der Waals surface area contributed by atoms with Crippen molar-refractivity contribution in [3.05, 3.63) is 30.1 Å². The van der Waals surface area contributed by atoms with Gasteiger partial charge in [-0.2, -0.15) is 4.72 Å². The average Bonchev–Trinajstić information content (AvgIpc) is 2.26. The Balaban J connectivity index is 2.81. The fourth-order valence-electron chi connectivity index (χ4n) is 1.45. The van der Waals surface area contributed by atoms with Gasteiger partial charge in [0.1, 0.15) is 5.82 Å². The van der Waals surface area contributed by atoms with Crippen molar-refractivity contribution in [2.75, 3.05) is 0 Å². The molecule has 0 spiro atoms. The van der Waals surface area contributed by atoms with Gasteiger partial charge in [-0.25, -0.2) is 12.8 Å². The molecule has 0 bridgehead atoms. The van der Waals surface area contributed by atoms with Crippen molar-refractivity contribution in [1.82, 2.24) is 10.0 Å². The average molecular weight is 302 g/mol. The molecule has 0 aliphatic heterocycles.